The van der Waals surface area contributed by atoms with Gasteiger partial charge in [0.05, 0.1) is 22.8 Å². The molecular formula is C18H19FN4OS. The van der Waals surface area contributed by atoms with E-state index in [4.69, 9.17) is 0 Å². The standard InChI is InChI=1S/C18H19FN4OS/c1-10(2)14-9-25-17(22-14)18(24)23-7-3-4-15(23)16-20-12-6-5-11(19)8-13(12)21-16/h5-6,8-10,15H,3-4,7H2,1-2H3,(H,20,21). The van der Waals surface area contributed by atoms with E-state index in [9.17, 15) is 9.18 Å². The molecule has 1 amide bonds. The number of carbonyl (C=O) groups is 1. The maximum Gasteiger partial charge on any atom is 0.283 e. The van der Waals surface area contributed by atoms with Gasteiger partial charge in [-0.3, -0.25) is 4.79 Å². The van der Waals surface area contributed by atoms with Crippen LogP contribution < -0.4 is 0 Å². The molecule has 7 heteroatoms. The minimum Gasteiger partial charge on any atom is -0.340 e. The predicted octanol–water partition coefficient (Wildman–Crippen LogP) is 4.26. The highest BCUT2D eigenvalue weighted by Crippen LogP contribution is 2.33. The molecule has 1 aliphatic rings. The number of hydrogen-bond donors (Lipinski definition) is 1. The van der Waals surface area contributed by atoms with Gasteiger partial charge in [0.1, 0.15) is 11.6 Å². The van der Waals surface area contributed by atoms with Crippen molar-refractivity contribution < 1.29 is 9.18 Å². The monoisotopic (exact) mass is 358 g/mol. The van der Waals surface area contributed by atoms with Gasteiger partial charge in [0.2, 0.25) is 0 Å². The molecule has 0 saturated carbocycles. The van der Waals surface area contributed by atoms with Crippen LogP contribution in [0.5, 0.6) is 0 Å². The van der Waals surface area contributed by atoms with Gasteiger partial charge in [0.25, 0.3) is 5.91 Å². The van der Waals surface area contributed by atoms with E-state index in [1.54, 1.807) is 6.07 Å². The Morgan fingerprint density at radius 3 is 3.00 bits per heavy atom. The van der Waals surface area contributed by atoms with Gasteiger partial charge in [0.15, 0.2) is 5.01 Å². The zero-order chi connectivity index (χ0) is 17.6. The van der Waals surface area contributed by atoms with Crippen molar-refractivity contribution in [2.75, 3.05) is 6.54 Å². The van der Waals surface area contributed by atoms with E-state index in [2.05, 4.69) is 28.8 Å². The number of likely N-dealkylation sites (tertiary alicyclic amines) is 1. The summed E-state index contributed by atoms with van der Waals surface area (Å²) in [5.41, 5.74) is 2.32. The van der Waals surface area contributed by atoms with Gasteiger partial charge in [-0.15, -0.1) is 11.3 Å². The van der Waals surface area contributed by atoms with Crippen molar-refractivity contribution in [3.05, 3.63) is 45.9 Å². The van der Waals surface area contributed by atoms with Crippen LogP contribution in [0.4, 0.5) is 4.39 Å². The van der Waals surface area contributed by atoms with Gasteiger partial charge >= 0.3 is 0 Å². The van der Waals surface area contributed by atoms with Crippen LogP contribution in [0.25, 0.3) is 11.0 Å². The van der Waals surface area contributed by atoms with Crippen molar-refractivity contribution in [1.82, 2.24) is 19.9 Å². The number of carbonyl (C=O) groups excluding carboxylic acids is 1. The smallest absolute Gasteiger partial charge is 0.283 e. The number of hydrogen-bond acceptors (Lipinski definition) is 4. The quantitative estimate of drug-likeness (QED) is 0.761. The first-order chi connectivity index (χ1) is 12.0. The first-order valence-corrected chi connectivity index (χ1v) is 9.32. The summed E-state index contributed by atoms with van der Waals surface area (Å²) in [6, 6.07) is 4.37. The average Bonchev–Trinajstić information content (AvgIpc) is 3.31. The van der Waals surface area contributed by atoms with Gasteiger partial charge in [0, 0.05) is 11.9 Å². The maximum absolute atomic E-state index is 13.4. The van der Waals surface area contributed by atoms with Gasteiger partial charge < -0.3 is 9.88 Å². The number of fused-ring (bicyclic) bond motifs is 1. The predicted molar refractivity (Wildman–Crippen MR) is 95.3 cm³/mol. The third kappa shape index (κ3) is 2.93. The van der Waals surface area contributed by atoms with E-state index in [0.717, 1.165) is 18.5 Å². The molecule has 0 radical (unpaired) electrons. The number of nitrogens with one attached hydrogen (secondary N) is 1. The van der Waals surface area contributed by atoms with Gasteiger partial charge in [-0.1, -0.05) is 13.8 Å². The molecule has 4 rings (SSSR count). The summed E-state index contributed by atoms with van der Waals surface area (Å²) in [5, 5.41) is 2.48. The van der Waals surface area contributed by atoms with Gasteiger partial charge in [-0.25, -0.2) is 14.4 Å². The van der Waals surface area contributed by atoms with Crippen molar-refractivity contribution in [2.45, 2.75) is 38.6 Å². The minimum absolute atomic E-state index is 0.0500. The summed E-state index contributed by atoms with van der Waals surface area (Å²) in [6.07, 6.45) is 1.76. The molecule has 1 saturated heterocycles. The molecule has 1 fully saturated rings. The fourth-order valence-electron chi connectivity index (χ4n) is 3.23. The molecule has 1 aromatic carbocycles. The number of thiazole rings is 1. The Morgan fingerprint density at radius 1 is 1.40 bits per heavy atom. The lowest BCUT2D eigenvalue weighted by atomic mass is 10.2. The largest absolute Gasteiger partial charge is 0.340 e. The van der Waals surface area contributed by atoms with E-state index < -0.39 is 0 Å². The summed E-state index contributed by atoms with van der Waals surface area (Å²) in [6.45, 7) is 4.82. The minimum atomic E-state index is -0.300. The number of halogens is 1. The Kier molecular flexibility index (Phi) is 4.03. The maximum atomic E-state index is 13.4. The summed E-state index contributed by atoms with van der Waals surface area (Å²) < 4.78 is 13.4. The summed E-state index contributed by atoms with van der Waals surface area (Å²) in [5.74, 6) is 0.668. The first kappa shape index (κ1) is 16.2. The summed E-state index contributed by atoms with van der Waals surface area (Å²) >= 11 is 1.39. The van der Waals surface area contributed by atoms with Gasteiger partial charge in [-0.2, -0.15) is 0 Å². The molecule has 0 aliphatic carbocycles. The van der Waals surface area contributed by atoms with Crippen LogP contribution in [-0.2, 0) is 0 Å². The van der Waals surface area contributed by atoms with E-state index >= 15 is 0 Å². The second-order valence-electron chi connectivity index (χ2n) is 6.67. The molecule has 0 bridgehead atoms. The summed E-state index contributed by atoms with van der Waals surface area (Å²) in [4.78, 5) is 27.0. The molecule has 1 atom stereocenters. The van der Waals surface area contributed by atoms with Crippen LogP contribution >= 0.6 is 11.3 Å². The molecule has 0 spiro atoms. The van der Waals surface area contributed by atoms with Crippen LogP contribution in [0.2, 0.25) is 0 Å². The lowest BCUT2D eigenvalue weighted by Crippen LogP contribution is -2.31. The number of rotatable bonds is 3. The van der Waals surface area contributed by atoms with Crippen molar-refractivity contribution in [2.24, 2.45) is 0 Å². The van der Waals surface area contributed by atoms with Crippen molar-refractivity contribution >= 4 is 28.3 Å². The highest BCUT2D eigenvalue weighted by Gasteiger charge is 2.34. The topological polar surface area (TPSA) is 61.9 Å². The summed E-state index contributed by atoms with van der Waals surface area (Å²) in [7, 11) is 0. The van der Waals surface area contributed by atoms with Crippen LogP contribution in [0.15, 0.2) is 23.6 Å². The molecule has 130 valence electrons. The van der Waals surface area contributed by atoms with Crippen LogP contribution in [0, 0.1) is 5.82 Å². The lowest BCUT2D eigenvalue weighted by Gasteiger charge is -2.22. The fraction of sp³-hybridized carbons (Fsp3) is 0.389. The molecule has 1 aliphatic heterocycles. The molecule has 25 heavy (non-hydrogen) atoms. The second-order valence-corrected chi connectivity index (χ2v) is 7.53. The van der Waals surface area contributed by atoms with E-state index in [-0.39, 0.29) is 17.8 Å². The number of benzene rings is 1. The number of aromatic nitrogens is 3. The molecule has 1 unspecified atom stereocenters. The Hall–Kier alpha value is -2.28. The van der Waals surface area contributed by atoms with Crippen molar-refractivity contribution in [1.29, 1.82) is 0 Å². The zero-order valence-electron chi connectivity index (χ0n) is 14.1. The van der Waals surface area contributed by atoms with Gasteiger partial charge in [-0.05, 0) is 37.0 Å². The van der Waals surface area contributed by atoms with E-state index in [1.165, 1.54) is 23.5 Å². The Morgan fingerprint density at radius 2 is 2.24 bits per heavy atom. The molecule has 1 N–H and O–H groups in total. The normalized spacial score (nSPS) is 17.8. The molecule has 3 heterocycles. The van der Waals surface area contributed by atoms with Crippen LogP contribution in [-0.4, -0.2) is 32.3 Å². The van der Waals surface area contributed by atoms with E-state index in [1.807, 2.05) is 10.3 Å². The average molecular weight is 358 g/mol. The first-order valence-electron chi connectivity index (χ1n) is 8.44. The number of amides is 1. The number of nitrogens with zero attached hydrogens (tertiary/aromatic N) is 3. The number of imidazole rings is 1. The van der Waals surface area contributed by atoms with Crippen molar-refractivity contribution in [3.63, 3.8) is 0 Å². The Balaban J connectivity index is 1.63. The number of H-pyrrole nitrogens is 1. The molecule has 2 aromatic heterocycles. The second kappa shape index (κ2) is 6.22. The molecule has 5 nitrogen and oxygen atoms in total. The van der Waals surface area contributed by atoms with E-state index in [0.29, 0.717) is 34.3 Å². The van der Waals surface area contributed by atoms with Crippen molar-refractivity contribution in [3.8, 4) is 0 Å². The zero-order valence-corrected chi connectivity index (χ0v) is 14.9. The Labute approximate surface area is 148 Å². The third-order valence-corrected chi connectivity index (χ3v) is 5.44. The fourth-order valence-corrected chi connectivity index (χ4v) is 4.16. The lowest BCUT2D eigenvalue weighted by molar-refractivity contribution is 0.0730. The highest BCUT2D eigenvalue weighted by molar-refractivity contribution is 7.11. The molecule has 3 aromatic rings. The Bertz CT molecular complexity index is 932. The molecular weight excluding hydrogens is 339 g/mol. The number of aromatic amines is 1. The third-order valence-electron chi connectivity index (χ3n) is 4.59. The SMILES string of the molecule is CC(C)c1csc(C(=O)N2CCCC2c2nc3ccc(F)cc3[nH]2)n1. The highest BCUT2D eigenvalue weighted by atomic mass is 32.1. The van der Waals surface area contributed by atoms with Crippen LogP contribution in [0.3, 0.4) is 0 Å². The van der Waals surface area contributed by atoms with Crippen LogP contribution in [0.1, 0.15) is 60.0 Å².